The van der Waals surface area contributed by atoms with E-state index in [9.17, 15) is 28.0 Å². The Kier molecular flexibility index (Phi) is 7.30. The molecule has 12 heteroatoms. The number of carbonyl (C=O) groups is 1. The van der Waals surface area contributed by atoms with Gasteiger partial charge in [-0.2, -0.15) is 18.3 Å². The summed E-state index contributed by atoms with van der Waals surface area (Å²) in [4.78, 5) is 17.2. The van der Waals surface area contributed by atoms with Crippen LogP contribution in [0, 0.1) is 6.92 Å². The summed E-state index contributed by atoms with van der Waals surface area (Å²) >= 11 is 0.938. The molecule has 1 fully saturated rings. The third kappa shape index (κ3) is 5.47. The summed E-state index contributed by atoms with van der Waals surface area (Å²) in [6.07, 6.45) is 2.73. The Morgan fingerprint density at radius 3 is 2.53 bits per heavy atom. The summed E-state index contributed by atoms with van der Waals surface area (Å²) in [7, 11) is -1.56. The molecule has 7 nitrogen and oxygen atoms in total. The van der Waals surface area contributed by atoms with Crippen LogP contribution in [0.3, 0.4) is 0 Å². The van der Waals surface area contributed by atoms with Crippen LogP contribution in [0.4, 0.5) is 13.2 Å². The number of thiophene rings is 1. The molecule has 1 saturated carbocycles. The van der Waals surface area contributed by atoms with Crippen molar-refractivity contribution in [3.8, 4) is 5.69 Å². The molecule has 0 spiro atoms. The first-order valence-electron chi connectivity index (χ1n) is 12.4. The number of nitrogens with zero attached hydrogens (tertiary/aromatic N) is 3. The van der Waals surface area contributed by atoms with Crippen LogP contribution < -0.4 is 10.8 Å². The average Bonchev–Trinajstić information content (AvgIpc) is 3.52. The summed E-state index contributed by atoms with van der Waals surface area (Å²) in [5.74, 6) is -0.114. The van der Waals surface area contributed by atoms with Crippen molar-refractivity contribution in [2.75, 3.05) is 0 Å². The van der Waals surface area contributed by atoms with Gasteiger partial charge in [-0.1, -0.05) is 31.4 Å². The monoisotopic (exact) mass is 542 g/mol. The zero-order valence-corrected chi connectivity index (χ0v) is 21.4. The quantitative estimate of drug-likeness (QED) is 0.313. The fourth-order valence-electron chi connectivity index (χ4n) is 4.90. The van der Waals surface area contributed by atoms with Crippen LogP contribution in [0.25, 0.3) is 15.9 Å². The van der Waals surface area contributed by atoms with Gasteiger partial charge in [-0.25, -0.2) is 9.67 Å². The summed E-state index contributed by atoms with van der Waals surface area (Å²) in [6, 6.07) is 9.30. The molecular weight excluding hydrogens is 516 g/mol. The first-order chi connectivity index (χ1) is 18.1. The molecule has 38 heavy (non-hydrogen) atoms. The van der Waals surface area contributed by atoms with Crippen molar-refractivity contribution in [1.29, 1.82) is 0 Å². The van der Waals surface area contributed by atoms with Gasteiger partial charge in [0, 0.05) is 29.6 Å². The molecule has 0 atom stereocenters. The second-order valence-electron chi connectivity index (χ2n) is 9.62. The average molecular weight is 542 g/mol. The molecule has 1 amide bonds. The fraction of sp³-hybridized carbons (Fsp3) is 0.346. The van der Waals surface area contributed by atoms with Crippen LogP contribution in [0.5, 0.6) is 0 Å². The Bertz CT molecular complexity index is 1460. The van der Waals surface area contributed by atoms with Crippen molar-refractivity contribution in [1.82, 2.24) is 20.1 Å². The number of benzene rings is 1. The molecule has 1 aromatic carbocycles. The number of aryl methyl sites for hydroxylation is 1. The molecule has 0 radical (unpaired) electrons. The lowest BCUT2D eigenvalue weighted by Crippen LogP contribution is -2.29. The molecule has 0 saturated heterocycles. The van der Waals surface area contributed by atoms with Gasteiger partial charge in [-0.15, -0.1) is 11.3 Å². The highest BCUT2D eigenvalue weighted by Crippen LogP contribution is 2.35. The molecule has 1 aliphatic rings. The second kappa shape index (κ2) is 10.5. The SMILES string of the molecule is Cc1cc(C(F)(F)F)nc2sc(C(=O)NCc3cn(-c4ccc(B(O)O)cc4)nc3C3CCCCC3)cc12. The summed E-state index contributed by atoms with van der Waals surface area (Å²) < 4.78 is 41.2. The number of fused-ring (bicyclic) bond motifs is 1. The largest absolute Gasteiger partial charge is 0.488 e. The van der Waals surface area contributed by atoms with Crippen molar-refractivity contribution < 1.29 is 28.0 Å². The molecule has 198 valence electrons. The number of rotatable bonds is 6. The van der Waals surface area contributed by atoms with Gasteiger partial charge in [-0.05, 0) is 55.1 Å². The van der Waals surface area contributed by atoms with E-state index in [4.69, 9.17) is 5.10 Å². The molecule has 1 aliphatic carbocycles. The van der Waals surface area contributed by atoms with E-state index in [-0.39, 0.29) is 23.2 Å². The van der Waals surface area contributed by atoms with Crippen molar-refractivity contribution in [3.63, 3.8) is 0 Å². The standard InChI is InChI=1S/C26H26BF3N4O3S/c1-15-11-22(26(28,29)30)32-25-20(15)12-21(38-25)24(35)31-13-17-14-34(19-9-7-18(8-10-19)27(36)37)33-23(17)16-5-3-2-4-6-16/h7-12,14,16,36-37H,2-6,13H2,1H3,(H,31,35). The van der Waals surface area contributed by atoms with E-state index in [2.05, 4.69) is 10.3 Å². The highest BCUT2D eigenvalue weighted by molar-refractivity contribution is 7.20. The molecule has 5 rings (SSSR count). The Labute approximate surface area is 221 Å². The fourth-order valence-corrected chi connectivity index (χ4v) is 5.93. The van der Waals surface area contributed by atoms with Crippen LogP contribution in [0.2, 0.25) is 0 Å². The first-order valence-corrected chi connectivity index (χ1v) is 13.2. The topological polar surface area (TPSA) is 100 Å². The molecule has 4 aromatic rings. The van der Waals surface area contributed by atoms with E-state index in [1.165, 1.54) is 6.42 Å². The zero-order valence-electron chi connectivity index (χ0n) is 20.6. The highest BCUT2D eigenvalue weighted by atomic mass is 32.1. The predicted molar refractivity (Wildman–Crippen MR) is 140 cm³/mol. The van der Waals surface area contributed by atoms with Gasteiger partial charge in [0.25, 0.3) is 5.91 Å². The maximum atomic E-state index is 13.2. The van der Waals surface area contributed by atoms with Crippen LogP contribution in [-0.4, -0.2) is 37.8 Å². The molecular formula is C26H26BF3N4O3S. The molecule has 3 aromatic heterocycles. The maximum Gasteiger partial charge on any atom is 0.488 e. The molecule has 0 unspecified atom stereocenters. The molecule has 3 N–H and O–H groups in total. The van der Waals surface area contributed by atoms with Gasteiger partial charge < -0.3 is 15.4 Å². The minimum atomic E-state index is -4.56. The number of hydrogen-bond donors (Lipinski definition) is 3. The predicted octanol–water partition coefficient (Wildman–Crippen LogP) is 4.47. The summed E-state index contributed by atoms with van der Waals surface area (Å²) in [6.45, 7) is 1.79. The Morgan fingerprint density at radius 2 is 1.87 bits per heavy atom. The van der Waals surface area contributed by atoms with Gasteiger partial charge in [0.2, 0.25) is 0 Å². The number of pyridine rings is 1. The minimum Gasteiger partial charge on any atom is -0.423 e. The van der Waals surface area contributed by atoms with Gasteiger partial charge in [0.1, 0.15) is 10.5 Å². The van der Waals surface area contributed by atoms with Crippen molar-refractivity contribution >= 4 is 40.0 Å². The van der Waals surface area contributed by atoms with Crippen LogP contribution >= 0.6 is 11.3 Å². The van der Waals surface area contributed by atoms with Gasteiger partial charge in [0.05, 0.1) is 16.3 Å². The molecule has 0 bridgehead atoms. The number of alkyl halides is 3. The number of hydrogen-bond acceptors (Lipinski definition) is 6. The van der Waals surface area contributed by atoms with Crippen LogP contribution in [0.1, 0.15) is 70.2 Å². The van der Waals surface area contributed by atoms with Gasteiger partial charge in [0.15, 0.2) is 0 Å². The third-order valence-corrected chi connectivity index (χ3v) is 7.96. The minimum absolute atomic E-state index is 0.176. The van der Waals surface area contributed by atoms with E-state index in [0.29, 0.717) is 21.3 Å². The Balaban J connectivity index is 1.39. The van der Waals surface area contributed by atoms with E-state index >= 15 is 0 Å². The molecule has 3 heterocycles. The van der Waals surface area contributed by atoms with E-state index in [1.807, 2.05) is 6.20 Å². The third-order valence-electron chi connectivity index (χ3n) is 6.94. The lowest BCUT2D eigenvalue weighted by Gasteiger charge is -2.21. The van der Waals surface area contributed by atoms with Crippen LogP contribution in [0.15, 0.2) is 42.6 Å². The second-order valence-corrected chi connectivity index (χ2v) is 10.6. The Morgan fingerprint density at radius 1 is 1.16 bits per heavy atom. The van der Waals surface area contributed by atoms with Crippen molar-refractivity contribution in [3.05, 3.63) is 70.0 Å². The number of nitrogens with one attached hydrogen (secondary N) is 1. The van der Waals surface area contributed by atoms with Crippen molar-refractivity contribution in [2.45, 2.75) is 57.7 Å². The lowest BCUT2D eigenvalue weighted by atomic mass is 9.80. The Hall–Kier alpha value is -3.22. The number of amides is 1. The van der Waals surface area contributed by atoms with Gasteiger partial charge >= 0.3 is 13.3 Å². The highest BCUT2D eigenvalue weighted by Gasteiger charge is 2.33. The smallest absolute Gasteiger partial charge is 0.423 e. The van der Waals surface area contributed by atoms with E-state index < -0.39 is 19.0 Å². The summed E-state index contributed by atoms with van der Waals surface area (Å²) in [5, 5.41) is 27.0. The van der Waals surface area contributed by atoms with Gasteiger partial charge in [-0.3, -0.25) is 4.79 Å². The van der Waals surface area contributed by atoms with E-state index in [1.54, 1.807) is 41.9 Å². The number of halogens is 3. The van der Waals surface area contributed by atoms with Crippen LogP contribution in [-0.2, 0) is 12.7 Å². The van der Waals surface area contributed by atoms with Crippen molar-refractivity contribution in [2.24, 2.45) is 0 Å². The first kappa shape index (κ1) is 26.4. The normalized spacial score (nSPS) is 14.7. The van der Waals surface area contributed by atoms with E-state index in [0.717, 1.165) is 60.0 Å². The maximum absolute atomic E-state index is 13.2. The lowest BCUT2D eigenvalue weighted by molar-refractivity contribution is -0.141. The molecule has 0 aliphatic heterocycles. The number of aromatic nitrogens is 3. The summed E-state index contributed by atoms with van der Waals surface area (Å²) in [5.41, 5.74) is 2.35. The number of carbonyl (C=O) groups excluding carboxylic acids is 1. The zero-order chi connectivity index (χ0) is 27.0.